The minimum Gasteiger partial charge on any atom is -0.368 e. The third-order valence-corrected chi connectivity index (χ3v) is 6.95. The summed E-state index contributed by atoms with van der Waals surface area (Å²) in [4.78, 5) is 14.2. The molecule has 1 saturated carbocycles. The van der Waals surface area contributed by atoms with Crippen LogP contribution in [0.3, 0.4) is 0 Å². The van der Waals surface area contributed by atoms with Crippen LogP contribution in [0.2, 0.25) is 0 Å². The number of guanidine groups is 2. The Morgan fingerprint density at radius 3 is 2.58 bits per heavy atom. The first kappa shape index (κ1) is 22.1. The number of hydrogen-bond donors (Lipinski definition) is 3. The van der Waals surface area contributed by atoms with Crippen molar-refractivity contribution in [1.82, 2.24) is 15.5 Å². The van der Waals surface area contributed by atoms with Gasteiger partial charge in [-0.15, -0.1) is 0 Å². The van der Waals surface area contributed by atoms with Crippen LogP contribution in [0.4, 0.5) is 5.69 Å². The van der Waals surface area contributed by atoms with Gasteiger partial charge in [-0.2, -0.15) is 4.99 Å². The van der Waals surface area contributed by atoms with Crippen molar-refractivity contribution in [3.63, 3.8) is 0 Å². The summed E-state index contributed by atoms with van der Waals surface area (Å²) in [6.07, 6.45) is 9.82. The van der Waals surface area contributed by atoms with E-state index >= 15 is 0 Å². The number of nitrogens with zero attached hydrogens (tertiary/aromatic N) is 4. The van der Waals surface area contributed by atoms with E-state index in [-0.39, 0.29) is 6.29 Å². The zero-order valence-electron chi connectivity index (χ0n) is 19.2. The standard InChI is InChI=1S/C24H39N7/c1-3-30-16-10-14-20(30)17-26-23-28-22(25)29-24(27-19-12-6-4-5-7-13-19)31(23)21-15-9-8-11-18(21)2/h8-9,11,15,19-20,23,26H,3-7,10,12-14,16-17H2,1-2H3,(H3,25,27,28,29). The number of benzene rings is 1. The highest BCUT2D eigenvalue weighted by Gasteiger charge is 2.31. The van der Waals surface area contributed by atoms with Crippen molar-refractivity contribution in [1.29, 1.82) is 0 Å². The van der Waals surface area contributed by atoms with E-state index in [0.29, 0.717) is 18.0 Å². The Bertz CT molecular complexity index is 782. The van der Waals surface area contributed by atoms with Gasteiger partial charge in [-0.1, -0.05) is 50.8 Å². The van der Waals surface area contributed by atoms with Crippen LogP contribution < -0.4 is 21.3 Å². The van der Waals surface area contributed by atoms with Gasteiger partial charge in [0, 0.05) is 18.6 Å². The number of likely N-dealkylation sites (tertiary alicyclic amines) is 1. The lowest BCUT2D eigenvalue weighted by molar-refractivity contribution is 0.254. The van der Waals surface area contributed by atoms with Crippen molar-refractivity contribution in [3.05, 3.63) is 29.8 Å². The maximum Gasteiger partial charge on any atom is 0.221 e. The van der Waals surface area contributed by atoms with Crippen molar-refractivity contribution >= 4 is 17.6 Å². The second-order valence-electron chi connectivity index (χ2n) is 9.12. The van der Waals surface area contributed by atoms with Crippen LogP contribution in [-0.4, -0.2) is 54.8 Å². The van der Waals surface area contributed by atoms with Gasteiger partial charge in [0.25, 0.3) is 0 Å². The average molecular weight is 426 g/mol. The molecule has 0 radical (unpaired) electrons. The van der Waals surface area contributed by atoms with Crippen LogP contribution in [0.1, 0.15) is 63.9 Å². The van der Waals surface area contributed by atoms with Crippen LogP contribution in [0.25, 0.3) is 0 Å². The maximum atomic E-state index is 6.21. The fraction of sp³-hybridized carbons (Fsp3) is 0.667. The number of hydrogen-bond acceptors (Lipinski definition) is 7. The Kier molecular flexibility index (Phi) is 7.45. The van der Waals surface area contributed by atoms with Crippen molar-refractivity contribution in [2.75, 3.05) is 24.5 Å². The van der Waals surface area contributed by atoms with Crippen molar-refractivity contribution in [2.45, 2.75) is 83.6 Å². The highest BCUT2D eigenvalue weighted by Crippen LogP contribution is 2.25. The topological polar surface area (TPSA) is 81.3 Å². The van der Waals surface area contributed by atoms with Gasteiger partial charge >= 0.3 is 0 Å². The third-order valence-electron chi connectivity index (χ3n) is 6.95. The lowest BCUT2D eigenvalue weighted by atomic mass is 10.1. The maximum absolute atomic E-state index is 6.21. The van der Waals surface area contributed by atoms with Crippen molar-refractivity contribution in [3.8, 4) is 0 Å². The van der Waals surface area contributed by atoms with E-state index in [2.05, 4.69) is 63.5 Å². The summed E-state index contributed by atoms with van der Waals surface area (Å²) in [7, 11) is 0. The van der Waals surface area contributed by atoms with Crippen molar-refractivity contribution in [2.24, 2.45) is 15.7 Å². The van der Waals surface area contributed by atoms with E-state index in [4.69, 9.17) is 10.7 Å². The van der Waals surface area contributed by atoms with E-state index in [9.17, 15) is 0 Å². The molecule has 2 atom stereocenters. The molecule has 2 fully saturated rings. The zero-order valence-corrected chi connectivity index (χ0v) is 19.2. The molecule has 170 valence electrons. The Hall–Kier alpha value is -2.12. The van der Waals surface area contributed by atoms with Crippen molar-refractivity contribution < 1.29 is 0 Å². The lowest BCUT2D eigenvalue weighted by Crippen LogP contribution is -2.59. The number of likely N-dealkylation sites (N-methyl/N-ethyl adjacent to an activating group) is 1. The number of nitrogens with two attached hydrogens (primary N) is 1. The fourth-order valence-corrected chi connectivity index (χ4v) is 5.20. The van der Waals surface area contributed by atoms with Crippen LogP contribution in [0.15, 0.2) is 34.3 Å². The summed E-state index contributed by atoms with van der Waals surface area (Å²) in [5.41, 5.74) is 8.54. The van der Waals surface area contributed by atoms with Gasteiger partial charge in [-0.05, 0) is 57.3 Å². The van der Waals surface area contributed by atoms with Gasteiger partial charge in [0.1, 0.15) is 0 Å². The first-order valence-corrected chi connectivity index (χ1v) is 12.2. The molecule has 0 aromatic heterocycles. The quantitative estimate of drug-likeness (QED) is 0.610. The summed E-state index contributed by atoms with van der Waals surface area (Å²) in [6.45, 7) is 7.58. The lowest BCUT2D eigenvalue weighted by Gasteiger charge is -2.38. The Balaban J connectivity index is 1.57. The molecule has 2 heterocycles. The molecule has 1 aromatic carbocycles. The van der Waals surface area contributed by atoms with Gasteiger partial charge in [-0.25, -0.2) is 4.99 Å². The highest BCUT2D eigenvalue weighted by molar-refractivity contribution is 6.06. The molecule has 1 saturated heterocycles. The van der Waals surface area contributed by atoms with Crippen LogP contribution in [0, 0.1) is 6.92 Å². The molecule has 4 rings (SSSR count). The Morgan fingerprint density at radius 1 is 1.06 bits per heavy atom. The monoisotopic (exact) mass is 425 g/mol. The number of aryl methyl sites for hydroxylation is 1. The first-order valence-electron chi connectivity index (χ1n) is 12.2. The fourth-order valence-electron chi connectivity index (χ4n) is 5.20. The minimum atomic E-state index is -0.258. The van der Waals surface area contributed by atoms with Crippen LogP contribution in [0.5, 0.6) is 0 Å². The molecular weight excluding hydrogens is 386 g/mol. The minimum absolute atomic E-state index is 0.258. The van der Waals surface area contributed by atoms with Crippen LogP contribution >= 0.6 is 0 Å². The summed E-state index contributed by atoms with van der Waals surface area (Å²) in [6, 6.07) is 9.45. The average Bonchev–Trinajstić information content (AvgIpc) is 3.07. The first-order chi connectivity index (χ1) is 15.2. The van der Waals surface area contributed by atoms with E-state index < -0.39 is 0 Å². The molecule has 0 bridgehead atoms. The molecule has 3 aliphatic rings. The number of aliphatic imine (C=N–C) groups is 2. The molecule has 7 nitrogen and oxygen atoms in total. The Labute approximate surface area is 187 Å². The summed E-state index contributed by atoms with van der Waals surface area (Å²) in [5.74, 6) is 1.17. The highest BCUT2D eigenvalue weighted by atomic mass is 15.5. The SMILES string of the molecule is CCN1CCCC1CNC1N=C(N)N=C(NC2CCCCCC2)N1c1ccccc1C. The van der Waals surface area contributed by atoms with Gasteiger partial charge in [-0.3, -0.25) is 15.1 Å². The van der Waals surface area contributed by atoms with Crippen LogP contribution in [-0.2, 0) is 0 Å². The summed E-state index contributed by atoms with van der Waals surface area (Å²) >= 11 is 0. The number of nitrogens with one attached hydrogen (secondary N) is 2. The second-order valence-corrected chi connectivity index (χ2v) is 9.12. The molecule has 4 N–H and O–H groups in total. The zero-order chi connectivity index (χ0) is 21.6. The number of para-hydroxylation sites is 1. The van der Waals surface area contributed by atoms with Gasteiger partial charge in [0.2, 0.25) is 11.9 Å². The number of rotatable bonds is 6. The van der Waals surface area contributed by atoms with Gasteiger partial charge < -0.3 is 11.1 Å². The molecule has 1 aromatic rings. The second kappa shape index (κ2) is 10.5. The van der Waals surface area contributed by atoms with Gasteiger partial charge in [0.15, 0.2) is 6.29 Å². The van der Waals surface area contributed by atoms with E-state index in [1.165, 1.54) is 63.5 Å². The van der Waals surface area contributed by atoms with E-state index in [0.717, 1.165) is 24.7 Å². The molecular formula is C24H39N7. The van der Waals surface area contributed by atoms with E-state index in [1.807, 2.05) is 0 Å². The largest absolute Gasteiger partial charge is 0.368 e. The molecule has 7 heteroatoms. The Morgan fingerprint density at radius 2 is 1.84 bits per heavy atom. The summed E-state index contributed by atoms with van der Waals surface area (Å²) < 4.78 is 0. The summed E-state index contributed by atoms with van der Waals surface area (Å²) in [5, 5.41) is 7.46. The predicted molar refractivity (Wildman–Crippen MR) is 129 cm³/mol. The van der Waals surface area contributed by atoms with Gasteiger partial charge in [0.05, 0.1) is 5.69 Å². The molecule has 0 amide bonds. The van der Waals surface area contributed by atoms with E-state index in [1.54, 1.807) is 0 Å². The normalized spacial score (nSPS) is 25.8. The predicted octanol–water partition coefficient (Wildman–Crippen LogP) is 3.16. The molecule has 2 aliphatic heterocycles. The molecule has 0 spiro atoms. The molecule has 31 heavy (non-hydrogen) atoms. The molecule has 2 unspecified atom stereocenters. The molecule has 1 aliphatic carbocycles. The third kappa shape index (κ3) is 5.39. The number of anilines is 1. The smallest absolute Gasteiger partial charge is 0.221 e.